The Morgan fingerprint density at radius 2 is 2.12 bits per heavy atom. The average molecular weight is 328 g/mol. The van der Waals surface area contributed by atoms with Crippen molar-refractivity contribution in [1.82, 2.24) is 19.8 Å². The molecule has 2 aromatic rings. The summed E-state index contributed by atoms with van der Waals surface area (Å²) < 4.78 is 7.26. The van der Waals surface area contributed by atoms with Gasteiger partial charge in [0, 0.05) is 31.5 Å². The highest BCUT2D eigenvalue weighted by Gasteiger charge is 2.31. The van der Waals surface area contributed by atoms with E-state index in [0.717, 1.165) is 11.5 Å². The summed E-state index contributed by atoms with van der Waals surface area (Å²) >= 11 is 0. The molecule has 1 N–H and O–H groups in total. The molecule has 0 bridgehead atoms. The number of nitrogens with one attached hydrogen (secondary N) is 1. The minimum absolute atomic E-state index is 0.121. The number of amides is 2. The van der Waals surface area contributed by atoms with Crippen LogP contribution in [0.2, 0.25) is 0 Å². The van der Waals surface area contributed by atoms with Gasteiger partial charge in [-0.3, -0.25) is 9.59 Å². The molecule has 1 saturated heterocycles. The molecular formula is C17H20N4O3. The predicted molar refractivity (Wildman–Crippen MR) is 87.4 cm³/mol. The molecule has 1 unspecified atom stereocenters. The van der Waals surface area contributed by atoms with Crippen molar-refractivity contribution in [3.63, 3.8) is 0 Å². The number of nitrogens with zero attached hydrogens (tertiary/aromatic N) is 3. The number of benzene rings is 1. The summed E-state index contributed by atoms with van der Waals surface area (Å²) in [5.41, 5.74) is 0.977. The summed E-state index contributed by atoms with van der Waals surface area (Å²) in [4.78, 5) is 29.9. The van der Waals surface area contributed by atoms with Gasteiger partial charge in [-0.2, -0.15) is 0 Å². The van der Waals surface area contributed by atoms with Crippen molar-refractivity contribution >= 4 is 11.8 Å². The minimum Gasteiger partial charge on any atom is -0.377 e. The number of para-hydroxylation sites is 1. The molecule has 1 atom stereocenters. The Balaban J connectivity index is 1.67. The molecule has 1 aromatic heterocycles. The van der Waals surface area contributed by atoms with Gasteiger partial charge in [-0.05, 0) is 12.1 Å². The molecule has 1 fully saturated rings. The Bertz CT molecular complexity index is 714. The van der Waals surface area contributed by atoms with Gasteiger partial charge in [0.15, 0.2) is 0 Å². The second kappa shape index (κ2) is 7.27. The van der Waals surface area contributed by atoms with Gasteiger partial charge in [-0.1, -0.05) is 18.2 Å². The number of aromatic nitrogens is 2. The number of imidazole rings is 1. The fourth-order valence-electron chi connectivity index (χ4n) is 2.77. The molecule has 2 amide bonds. The van der Waals surface area contributed by atoms with E-state index in [4.69, 9.17) is 4.74 Å². The summed E-state index contributed by atoms with van der Waals surface area (Å²) in [6, 6.07) is 9.19. The minimum atomic E-state index is -0.587. The molecular weight excluding hydrogens is 308 g/mol. The van der Waals surface area contributed by atoms with Crippen LogP contribution in [0.15, 0.2) is 42.7 Å². The normalized spacial score (nSPS) is 17.5. The highest BCUT2D eigenvalue weighted by molar-refractivity contribution is 5.87. The zero-order valence-corrected chi connectivity index (χ0v) is 13.5. The van der Waals surface area contributed by atoms with Crippen LogP contribution in [0.25, 0.3) is 5.69 Å². The first-order valence-electron chi connectivity index (χ1n) is 7.87. The van der Waals surface area contributed by atoms with Crippen LogP contribution in [-0.4, -0.2) is 52.1 Å². The van der Waals surface area contributed by atoms with E-state index in [1.54, 1.807) is 11.1 Å². The van der Waals surface area contributed by atoms with E-state index in [9.17, 15) is 9.59 Å². The first-order valence-corrected chi connectivity index (χ1v) is 7.87. The zero-order chi connectivity index (χ0) is 16.9. The lowest BCUT2D eigenvalue weighted by atomic mass is 10.2. The quantitative estimate of drug-likeness (QED) is 0.898. The van der Waals surface area contributed by atoms with Crippen LogP contribution in [-0.2, 0) is 20.9 Å². The standard InChI is InChI=1S/C17H20N4O3/c1-13(22)20-9-10-24-12-15(20)17(23)19-11-16-18-7-8-21(16)14-5-3-2-4-6-14/h2-8,15H,9-12H2,1H3,(H,19,23). The van der Waals surface area contributed by atoms with Gasteiger partial charge in [0.25, 0.3) is 0 Å². The maximum absolute atomic E-state index is 12.4. The first kappa shape index (κ1) is 16.2. The summed E-state index contributed by atoms with van der Waals surface area (Å²) in [5.74, 6) is 0.373. The molecule has 0 saturated carbocycles. The fraction of sp³-hybridized carbons (Fsp3) is 0.353. The summed E-state index contributed by atoms with van der Waals surface area (Å²) in [5, 5.41) is 2.85. The lowest BCUT2D eigenvalue weighted by Crippen LogP contribution is -2.55. The Kier molecular flexibility index (Phi) is 4.90. The maximum atomic E-state index is 12.4. The van der Waals surface area contributed by atoms with Crippen LogP contribution >= 0.6 is 0 Å². The SMILES string of the molecule is CC(=O)N1CCOCC1C(=O)NCc1nccn1-c1ccccc1. The third-order valence-electron chi connectivity index (χ3n) is 4.01. The number of hydrogen-bond acceptors (Lipinski definition) is 4. The van der Waals surface area contributed by atoms with Crippen molar-refractivity contribution in [1.29, 1.82) is 0 Å². The molecule has 1 aliphatic heterocycles. The molecule has 7 nitrogen and oxygen atoms in total. The summed E-state index contributed by atoms with van der Waals surface area (Å²) in [6.07, 6.45) is 3.54. The Labute approximate surface area is 140 Å². The highest BCUT2D eigenvalue weighted by atomic mass is 16.5. The van der Waals surface area contributed by atoms with Gasteiger partial charge in [-0.25, -0.2) is 4.98 Å². The molecule has 7 heteroatoms. The van der Waals surface area contributed by atoms with Crippen molar-refractivity contribution in [2.75, 3.05) is 19.8 Å². The van der Waals surface area contributed by atoms with Crippen molar-refractivity contribution in [3.05, 3.63) is 48.5 Å². The summed E-state index contributed by atoms with van der Waals surface area (Å²) in [7, 11) is 0. The molecule has 2 heterocycles. The molecule has 1 aromatic carbocycles. The van der Waals surface area contributed by atoms with E-state index in [-0.39, 0.29) is 25.0 Å². The van der Waals surface area contributed by atoms with Gasteiger partial charge in [0.2, 0.25) is 11.8 Å². The van der Waals surface area contributed by atoms with Crippen LogP contribution in [0.3, 0.4) is 0 Å². The monoisotopic (exact) mass is 328 g/mol. The van der Waals surface area contributed by atoms with E-state index in [1.807, 2.05) is 41.1 Å². The van der Waals surface area contributed by atoms with Crippen LogP contribution in [0, 0.1) is 0 Å². The number of ether oxygens (including phenoxy) is 1. The van der Waals surface area contributed by atoms with Gasteiger partial charge in [0.05, 0.1) is 19.8 Å². The average Bonchev–Trinajstić information content (AvgIpc) is 3.09. The highest BCUT2D eigenvalue weighted by Crippen LogP contribution is 2.11. The Hall–Kier alpha value is -2.67. The number of morpholine rings is 1. The Morgan fingerprint density at radius 3 is 2.88 bits per heavy atom. The predicted octanol–water partition coefficient (Wildman–Crippen LogP) is 0.736. The number of rotatable bonds is 4. The van der Waals surface area contributed by atoms with Crippen LogP contribution in [0.1, 0.15) is 12.7 Å². The topological polar surface area (TPSA) is 76.5 Å². The molecule has 0 spiro atoms. The third kappa shape index (κ3) is 3.46. The van der Waals surface area contributed by atoms with E-state index in [1.165, 1.54) is 6.92 Å². The second-order valence-corrected chi connectivity index (χ2v) is 5.57. The van der Waals surface area contributed by atoms with E-state index < -0.39 is 6.04 Å². The van der Waals surface area contributed by atoms with Crippen LogP contribution in [0.4, 0.5) is 0 Å². The van der Waals surface area contributed by atoms with Gasteiger partial charge in [0.1, 0.15) is 11.9 Å². The van der Waals surface area contributed by atoms with Crippen LogP contribution < -0.4 is 5.32 Å². The largest absolute Gasteiger partial charge is 0.377 e. The first-order chi connectivity index (χ1) is 11.7. The van der Waals surface area contributed by atoms with E-state index in [0.29, 0.717) is 13.2 Å². The lowest BCUT2D eigenvalue weighted by molar-refractivity contribution is -0.147. The van der Waals surface area contributed by atoms with E-state index >= 15 is 0 Å². The number of hydrogen-bond donors (Lipinski definition) is 1. The second-order valence-electron chi connectivity index (χ2n) is 5.57. The molecule has 0 aliphatic carbocycles. The molecule has 3 rings (SSSR count). The fourth-order valence-corrected chi connectivity index (χ4v) is 2.77. The van der Waals surface area contributed by atoms with Gasteiger partial charge >= 0.3 is 0 Å². The summed E-state index contributed by atoms with van der Waals surface area (Å²) in [6.45, 7) is 2.86. The zero-order valence-electron chi connectivity index (χ0n) is 13.5. The van der Waals surface area contributed by atoms with E-state index in [2.05, 4.69) is 10.3 Å². The Morgan fingerprint density at radius 1 is 1.33 bits per heavy atom. The van der Waals surface area contributed by atoms with Gasteiger partial charge < -0.3 is 19.5 Å². The third-order valence-corrected chi connectivity index (χ3v) is 4.01. The molecule has 0 radical (unpaired) electrons. The number of carbonyl (C=O) groups is 2. The molecule has 126 valence electrons. The van der Waals surface area contributed by atoms with Crippen LogP contribution in [0.5, 0.6) is 0 Å². The van der Waals surface area contributed by atoms with Gasteiger partial charge in [-0.15, -0.1) is 0 Å². The van der Waals surface area contributed by atoms with Crippen molar-refractivity contribution in [2.24, 2.45) is 0 Å². The molecule has 1 aliphatic rings. The number of carbonyl (C=O) groups excluding carboxylic acids is 2. The molecule has 24 heavy (non-hydrogen) atoms. The smallest absolute Gasteiger partial charge is 0.245 e. The lowest BCUT2D eigenvalue weighted by Gasteiger charge is -2.33. The van der Waals surface area contributed by atoms with Crippen molar-refractivity contribution in [2.45, 2.75) is 19.5 Å². The van der Waals surface area contributed by atoms with Crippen molar-refractivity contribution < 1.29 is 14.3 Å². The maximum Gasteiger partial charge on any atom is 0.245 e. The van der Waals surface area contributed by atoms with Crippen molar-refractivity contribution in [3.8, 4) is 5.69 Å².